The van der Waals surface area contributed by atoms with Crippen molar-refractivity contribution >= 4 is 22.7 Å². The molecule has 1 heterocycles. The van der Waals surface area contributed by atoms with Crippen molar-refractivity contribution in [1.29, 1.82) is 0 Å². The number of hydrogen-bond donors (Lipinski definition) is 0. The number of esters is 1. The molecule has 0 aliphatic heterocycles. The molecule has 0 spiro atoms. The van der Waals surface area contributed by atoms with Crippen LogP contribution in [0.2, 0.25) is 0 Å². The van der Waals surface area contributed by atoms with Crippen LogP contribution in [0.15, 0.2) is 28.7 Å². The molecule has 6 rings (SSSR count). The Morgan fingerprint density at radius 2 is 1.79 bits per heavy atom. The molecule has 0 atom stereocenters. The Hall–Kier alpha value is -2.10. The van der Waals surface area contributed by atoms with Crippen LogP contribution in [0.25, 0.3) is 11.0 Å². The molecular weight excluding hydrogens is 352 g/mol. The topological polar surface area (TPSA) is 56.5 Å². The molecule has 4 saturated carbocycles. The van der Waals surface area contributed by atoms with Gasteiger partial charge in [-0.2, -0.15) is 0 Å². The van der Waals surface area contributed by atoms with Gasteiger partial charge in [-0.05, 0) is 74.2 Å². The maximum atomic E-state index is 12.5. The molecule has 4 aliphatic rings. The summed E-state index contributed by atoms with van der Waals surface area (Å²) >= 11 is 0. The average molecular weight is 380 g/mol. The zero-order chi connectivity index (χ0) is 19.3. The molecule has 0 radical (unpaired) electrons. The third-order valence-corrected chi connectivity index (χ3v) is 7.37. The van der Waals surface area contributed by atoms with Crippen LogP contribution in [0.4, 0.5) is 0 Å². The van der Waals surface area contributed by atoms with Gasteiger partial charge in [-0.25, -0.2) is 0 Å². The fourth-order valence-corrected chi connectivity index (χ4v) is 6.62. The van der Waals surface area contributed by atoms with Crippen molar-refractivity contribution in [2.45, 2.75) is 58.3 Å². The molecule has 1 aromatic heterocycles. The predicted octanol–water partition coefficient (Wildman–Crippen LogP) is 5.33. The first-order valence-electron chi connectivity index (χ1n) is 10.7. The normalized spacial score (nSPS) is 30.7. The van der Waals surface area contributed by atoms with Gasteiger partial charge in [0.05, 0.1) is 13.0 Å². The smallest absolute Gasteiger partial charge is 0.310 e. The highest BCUT2D eigenvalue weighted by molar-refractivity contribution is 5.97. The van der Waals surface area contributed by atoms with Crippen molar-refractivity contribution in [1.82, 2.24) is 0 Å². The third kappa shape index (κ3) is 3.27. The number of benzene rings is 1. The maximum absolute atomic E-state index is 12.5. The predicted molar refractivity (Wildman–Crippen MR) is 106 cm³/mol. The van der Waals surface area contributed by atoms with Gasteiger partial charge in [0.15, 0.2) is 11.5 Å². The standard InChI is InChI=1S/C24H28O4/c1-15(25)21-10-19-3-2-4-20(23(19)28-21)11-22(26)27-6-5-24-12-16-7-17(13-24)9-18(8-16)14-24/h2-4,10,16-18H,5-9,11-14H2,1H3. The molecule has 28 heavy (non-hydrogen) atoms. The van der Waals surface area contributed by atoms with Gasteiger partial charge < -0.3 is 9.15 Å². The van der Waals surface area contributed by atoms with Crippen LogP contribution in [0, 0.1) is 23.2 Å². The van der Waals surface area contributed by atoms with Crippen LogP contribution in [0.5, 0.6) is 0 Å². The summed E-state index contributed by atoms with van der Waals surface area (Å²) < 4.78 is 11.3. The van der Waals surface area contributed by atoms with Crippen LogP contribution in [0.1, 0.15) is 68.0 Å². The van der Waals surface area contributed by atoms with E-state index in [0.29, 0.717) is 23.4 Å². The second-order valence-electron chi connectivity index (χ2n) is 9.57. The minimum atomic E-state index is -0.210. The van der Waals surface area contributed by atoms with E-state index in [1.165, 1.54) is 45.4 Å². The Morgan fingerprint density at radius 3 is 2.43 bits per heavy atom. The largest absolute Gasteiger partial charge is 0.465 e. The number of rotatable bonds is 6. The summed E-state index contributed by atoms with van der Waals surface area (Å²) in [5.41, 5.74) is 1.84. The second kappa shape index (κ2) is 6.75. The lowest BCUT2D eigenvalue weighted by Crippen LogP contribution is -2.46. The number of furan rings is 1. The zero-order valence-electron chi connectivity index (χ0n) is 16.5. The van der Waals surface area contributed by atoms with Gasteiger partial charge in [-0.1, -0.05) is 18.2 Å². The summed E-state index contributed by atoms with van der Waals surface area (Å²) in [6, 6.07) is 7.39. The number of para-hydroxylation sites is 1. The third-order valence-electron chi connectivity index (χ3n) is 7.37. The molecule has 4 heteroatoms. The van der Waals surface area contributed by atoms with Gasteiger partial charge in [0.25, 0.3) is 0 Å². The summed E-state index contributed by atoms with van der Waals surface area (Å²) in [6.45, 7) is 2.01. The minimum Gasteiger partial charge on any atom is -0.465 e. The van der Waals surface area contributed by atoms with Crippen LogP contribution in [-0.4, -0.2) is 18.4 Å². The number of carbonyl (C=O) groups is 2. The molecule has 148 valence electrons. The van der Waals surface area contributed by atoms with Gasteiger partial charge in [-0.15, -0.1) is 0 Å². The number of fused-ring (bicyclic) bond motifs is 1. The van der Waals surface area contributed by atoms with Crippen molar-refractivity contribution in [2.24, 2.45) is 23.2 Å². The first kappa shape index (κ1) is 18.0. The monoisotopic (exact) mass is 380 g/mol. The van der Waals surface area contributed by atoms with E-state index in [9.17, 15) is 9.59 Å². The fourth-order valence-electron chi connectivity index (χ4n) is 6.62. The van der Waals surface area contributed by atoms with Crippen molar-refractivity contribution < 1.29 is 18.7 Å². The van der Waals surface area contributed by atoms with Crippen LogP contribution >= 0.6 is 0 Å². The summed E-state index contributed by atoms with van der Waals surface area (Å²) in [4.78, 5) is 24.0. The van der Waals surface area contributed by atoms with Gasteiger partial charge in [-0.3, -0.25) is 9.59 Å². The molecule has 4 nitrogen and oxygen atoms in total. The van der Waals surface area contributed by atoms with Crippen LogP contribution in [-0.2, 0) is 16.0 Å². The van der Waals surface area contributed by atoms with E-state index in [1.54, 1.807) is 6.07 Å². The molecule has 1 aromatic carbocycles. The van der Waals surface area contributed by atoms with E-state index in [1.807, 2.05) is 18.2 Å². The molecule has 4 bridgehead atoms. The van der Waals surface area contributed by atoms with Gasteiger partial charge in [0.1, 0.15) is 5.58 Å². The van der Waals surface area contributed by atoms with Crippen molar-refractivity contribution in [3.8, 4) is 0 Å². The Kier molecular flexibility index (Phi) is 4.33. The molecule has 0 unspecified atom stereocenters. The first-order chi connectivity index (χ1) is 13.5. The highest BCUT2D eigenvalue weighted by Crippen LogP contribution is 2.61. The number of ketones is 1. The van der Waals surface area contributed by atoms with E-state index >= 15 is 0 Å². The summed E-state index contributed by atoms with van der Waals surface area (Å²) in [5.74, 6) is 2.79. The van der Waals surface area contributed by atoms with Crippen molar-refractivity contribution in [3.05, 3.63) is 35.6 Å². The zero-order valence-corrected chi connectivity index (χ0v) is 16.5. The van der Waals surface area contributed by atoms with E-state index in [0.717, 1.165) is 35.1 Å². The Bertz CT molecular complexity index is 887. The second-order valence-corrected chi connectivity index (χ2v) is 9.57. The van der Waals surface area contributed by atoms with E-state index in [-0.39, 0.29) is 18.2 Å². The quantitative estimate of drug-likeness (QED) is 0.502. The van der Waals surface area contributed by atoms with Crippen LogP contribution in [0.3, 0.4) is 0 Å². The lowest BCUT2D eigenvalue weighted by atomic mass is 9.49. The number of ether oxygens (including phenoxy) is 1. The van der Waals surface area contributed by atoms with E-state index in [4.69, 9.17) is 9.15 Å². The Morgan fingerprint density at radius 1 is 1.11 bits per heavy atom. The number of hydrogen-bond acceptors (Lipinski definition) is 4. The first-order valence-corrected chi connectivity index (χ1v) is 10.7. The van der Waals surface area contributed by atoms with Crippen molar-refractivity contribution in [3.63, 3.8) is 0 Å². The summed E-state index contributed by atoms with van der Waals surface area (Å²) in [6.07, 6.45) is 9.55. The van der Waals surface area contributed by atoms with Gasteiger partial charge >= 0.3 is 5.97 Å². The average Bonchev–Trinajstić information content (AvgIpc) is 3.06. The fraction of sp³-hybridized carbons (Fsp3) is 0.583. The van der Waals surface area contributed by atoms with Crippen molar-refractivity contribution in [2.75, 3.05) is 6.61 Å². The lowest BCUT2D eigenvalue weighted by molar-refractivity contribution is -0.145. The highest BCUT2D eigenvalue weighted by atomic mass is 16.5. The Labute approximate surface area is 165 Å². The number of carbonyl (C=O) groups excluding carboxylic acids is 2. The molecule has 4 fully saturated rings. The molecule has 2 aromatic rings. The molecular formula is C24H28O4. The summed E-state index contributed by atoms with van der Waals surface area (Å²) in [5, 5.41) is 0.851. The molecule has 4 aliphatic carbocycles. The molecule has 0 N–H and O–H groups in total. The Balaban J connectivity index is 1.20. The SMILES string of the molecule is CC(=O)c1cc2cccc(CC(=O)OCCC34CC5CC(CC(C5)C3)C4)c2o1. The van der Waals surface area contributed by atoms with Crippen LogP contribution < -0.4 is 0 Å². The maximum Gasteiger partial charge on any atom is 0.310 e. The lowest BCUT2D eigenvalue weighted by Gasteiger charge is -2.57. The van der Waals surface area contributed by atoms with E-state index < -0.39 is 0 Å². The van der Waals surface area contributed by atoms with Gasteiger partial charge in [0.2, 0.25) is 0 Å². The van der Waals surface area contributed by atoms with Gasteiger partial charge in [0, 0.05) is 17.9 Å². The molecule has 0 amide bonds. The minimum absolute atomic E-state index is 0.111. The molecule has 0 saturated heterocycles. The van der Waals surface area contributed by atoms with E-state index in [2.05, 4.69) is 0 Å². The highest BCUT2D eigenvalue weighted by Gasteiger charge is 2.50. The number of Topliss-reactive ketones (excluding diaryl/α,β-unsaturated/α-hetero) is 1. The summed E-state index contributed by atoms with van der Waals surface area (Å²) in [7, 11) is 0.